The first kappa shape index (κ1) is 27.4. The molecule has 0 bridgehead atoms. The highest BCUT2D eigenvalue weighted by molar-refractivity contribution is 9.10. The normalized spacial score (nSPS) is 11.4. The summed E-state index contributed by atoms with van der Waals surface area (Å²) < 4.78 is 39.3. The Morgan fingerprint density at radius 1 is 1.11 bits per heavy atom. The summed E-state index contributed by atoms with van der Waals surface area (Å²) in [7, 11) is -1.91. The van der Waals surface area contributed by atoms with Gasteiger partial charge in [0, 0.05) is 30.2 Å². The van der Waals surface area contributed by atoms with Crippen molar-refractivity contribution in [3.05, 3.63) is 63.8 Å². The molecule has 2 amide bonds. The van der Waals surface area contributed by atoms with Crippen LogP contribution in [0.25, 0.3) is 10.9 Å². The number of fused-ring (bicyclic) bond motifs is 1. The fraction of sp³-hybridized carbons (Fsp3) is 0.304. The van der Waals surface area contributed by atoms with E-state index < -0.39 is 27.7 Å². The van der Waals surface area contributed by atoms with Crippen LogP contribution < -0.4 is 15.4 Å². The second-order valence-electron chi connectivity index (χ2n) is 7.82. The summed E-state index contributed by atoms with van der Waals surface area (Å²) in [5.41, 5.74) is 0.364. The third-order valence-electron chi connectivity index (χ3n) is 5.35. The van der Waals surface area contributed by atoms with Gasteiger partial charge in [-0.05, 0) is 65.6 Å². The molecule has 0 unspecified atom stereocenters. The molecule has 2 heterocycles. The van der Waals surface area contributed by atoms with Gasteiger partial charge in [0.2, 0.25) is 10.0 Å². The highest BCUT2D eigenvalue weighted by atomic mass is 79.9. The third kappa shape index (κ3) is 6.95. The van der Waals surface area contributed by atoms with Crippen LogP contribution in [0.1, 0.15) is 45.7 Å². The number of aromatic nitrogens is 2. The number of hydrogen-bond donors (Lipinski definition) is 4. The molecule has 1 aromatic carbocycles. The number of halogens is 2. The second-order valence-corrected chi connectivity index (χ2v) is 10.6. The smallest absolute Gasteiger partial charge is 0.274 e. The Kier molecular flexibility index (Phi) is 9.29. The molecule has 0 spiro atoms. The van der Waals surface area contributed by atoms with E-state index in [9.17, 15) is 27.5 Å². The first-order valence-electron chi connectivity index (χ1n) is 11.0. The highest BCUT2D eigenvalue weighted by Crippen LogP contribution is 2.30. The van der Waals surface area contributed by atoms with Crippen molar-refractivity contribution in [2.24, 2.45) is 0 Å². The molecule has 4 N–H and O–H groups in total. The molecule has 0 aliphatic heterocycles. The van der Waals surface area contributed by atoms with Crippen molar-refractivity contribution in [1.82, 2.24) is 25.3 Å². The Balaban J connectivity index is 1.63. The number of rotatable bonds is 11. The van der Waals surface area contributed by atoms with E-state index >= 15 is 0 Å². The molecule has 3 rings (SSSR count). The number of carbonyl (C=O) groups excluding carboxylic acids is 2. The zero-order chi connectivity index (χ0) is 26.3. The van der Waals surface area contributed by atoms with Gasteiger partial charge in [0.1, 0.15) is 15.9 Å². The van der Waals surface area contributed by atoms with E-state index in [1.807, 2.05) is 0 Å². The fourth-order valence-electron chi connectivity index (χ4n) is 3.41. The molecule has 0 saturated heterocycles. The number of amides is 2. The molecule has 0 atom stereocenters. The standard InChI is InChI=1S/C23H25BrFN5O5S/c1-26-36(34,35)11-4-2-3-9-28-22(32)17-12-15(25)8-7-14(17)13-29-23(33)19-20(31)18-16(21(24)30-19)6-5-10-27-18/h5-8,10,12,26,31H,2-4,9,11,13H2,1H3,(H,28,32)(H,29,33). The van der Waals surface area contributed by atoms with E-state index in [0.29, 0.717) is 34.8 Å². The Hall–Kier alpha value is -3.16. The maximum atomic E-state index is 13.9. The van der Waals surface area contributed by atoms with Crippen molar-refractivity contribution < 1.29 is 27.5 Å². The molecular formula is C23H25BrFN5O5S. The number of benzene rings is 1. The number of pyridine rings is 2. The van der Waals surface area contributed by atoms with Crippen molar-refractivity contribution in [3.8, 4) is 5.75 Å². The minimum Gasteiger partial charge on any atom is -0.504 e. The van der Waals surface area contributed by atoms with Crippen LogP contribution in [0, 0.1) is 5.82 Å². The zero-order valence-electron chi connectivity index (χ0n) is 19.3. The van der Waals surface area contributed by atoms with Gasteiger partial charge in [-0.15, -0.1) is 0 Å². The SMILES string of the molecule is CNS(=O)(=O)CCCCCNC(=O)c1cc(F)ccc1CNC(=O)c1nc(Br)c2cccnc2c1O. The van der Waals surface area contributed by atoms with Gasteiger partial charge in [-0.3, -0.25) is 14.6 Å². The van der Waals surface area contributed by atoms with Crippen molar-refractivity contribution in [3.63, 3.8) is 0 Å². The van der Waals surface area contributed by atoms with Crippen molar-refractivity contribution in [1.29, 1.82) is 0 Å². The molecule has 3 aromatic rings. The number of hydrogen-bond acceptors (Lipinski definition) is 7. The molecule has 36 heavy (non-hydrogen) atoms. The lowest BCUT2D eigenvalue weighted by atomic mass is 10.1. The monoisotopic (exact) mass is 581 g/mol. The largest absolute Gasteiger partial charge is 0.504 e. The fourth-order valence-corrected chi connectivity index (χ4v) is 4.69. The molecule has 0 aliphatic carbocycles. The number of sulfonamides is 1. The molecular weight excluding hydrogens is 557 g/mol. The van der Waals surface area contributed by atoms with Gasteiger partial charge in [0.15, 0.2) is 11.4 Å². The average Bonchev–Trinajstić information content (AvgIpc) is 2.87. The Labute approximate surface area is 215 Å². The molecule has 2 aromatic heterocycles. The van der Waals surface area contributed by atoms with Crippen LogP contribution >= 0.6 is 15.9 Å². The predicted molar refractivity (Wildman–Crippen MR) is 136 cm³/mol. The summed E-state index contributed by atoms with van der Waals surface area (Å²) in [6.45, 7) is 0.152. The lowest BCUT2D eigenvalue weighted by molar-refractivity contribution is 0.0930. The molecule has 192 valence electrons. The van der Waals surface area contributed by atoms with Crippen LogP contribution in [0.5, 0.6) is 5.75 Å². The number of nitrogens with zero attached hydrogens (tertiary/aromatic N) is 2. The number of carbonyl (C=O) groups is 2. The maximum Gasteiger partial charge on any atom is 0.274 e. The number of unbranched alkanes of at least 4 members (excludes halogenated alkanes) is 2. The van der Waals surface area contributed by atoms with Crippen LogP contribution in [0.2, 0.25) is 0 Å². The molecule has 10 nitrogen and oxygen atoms in total. The number of nitrogens with one attached hydrogen (secondary N) is 3. The highest BCUT2D eigenvalue weighted by Gasteiger charge is 2.20. The van der Waals surface area contributed by atoms with E-state index in [-0.39, 0.29) is 41.4 Å². The molecule has 13 heteroatoms. The maximum absolute atomic E-state index is 13.9. The average molecular weight is 582 g/mol. The summed E-state index contributed by atoms with van der Waals surface area (Å²) in [5, 5.41) is 16.3. The van der Waals surface area contributed by atoms with Crippen LogP contribution in [0.4, 0.5) is 4.39 Å². The first-order valence-corrected chi connectivity index (χ1v) is 13.5. The quantitative estimate of drug-likeness (QED) is 0.201. The van der Waals surface area contributed by atoms with E-state index in [1.165, 1.54) is 25.4 Å². The summed E-state index contributed by atoms with van der Waals surface area (Å²) in [6, 6.07) is 6.99. The molecule has 0 saturated carbocycles. The summed E-state index contributed by atoms with van der Waals surface area (Å²) in [6.07, 6.45) is 3.05. The lowest BCUT2D eigenvalue weighted by Gasteiger charge is -2.12. The van der Waals surface area contributed by atoms with Crippen LogP contribution in [-0.2, 0) is 16.6 Å². The minimum absolute atomic E-state index is 0.000553. The lowest BCUT2D eigenvalue weighted by Crippen LogP contribution is -2.29. The summed E-state index contributed by atoms with van der Waals surface area (Å²) >= 11 is 3.27. The van der Waals surface area contributed by atoms with Gasteiger partial charge in [0.25, 0.3) is 11.8 Å². The number of aromatic hydroxyl groups is 1. The van der Waals surface area contributed by atoms with Crippen LogP contribution in [-0.4, -0.2) is 54.7 Å². The van der Waals surface area contributed by atoms with E-state index in [0.717, 1.165) is 6.07 Å². The van der Waals surface area contributed by atoms with Gasteiger partial charge in [-0.1, -0.05) is 12.5 Å². The Bertz CT molecular complexity index is 1390. The van der Waals surface area contributed by atoms with Crippen molar-refractivity contribution in [2.75, 3.05) is 19.3 Å². The Morgan fingerprint density at radius 2 is 1.89 bits per heavy atom. The molecule has 0 fully saturated rings. The van der Waals surface area contributed by atoms with Crippen molar-refractivity contribution >= 4 is 48.7 Å². The van der Waals surface area contributed by atoms with Crippen LogP contribution in [0.15, 0.2) is 41.1 Å². The van der Waals surface area contributed by atoms with Gasteiger partial charge < -0.3 is 15.7 Å². The summed E-state index contributed by atoms with van der Waals surface area (Å²) in [4.78, 5) is 33.6. The van der Waals surface area contributed by atoms with E-state index in [2.05, 4.69) is 41.3 Å². The Morgan fingerprint density at radius 3 is 2.64 bits per heavy atom. The van der Waals surface area contributed by atoms with Gasteiger partial charge >= 0.3 is 0 Å². The van der Waals surface area contributed by atoms with Gasteiger partial charge in [-0.25, -0.2) is 22.5 Å². The first-order chi connectivity index (χ1) is 17.1. The van der Waals surface area contributed by atoms with E-state index in [4.69, 9.17) is 0 Å². The third-order valence-corrected chi connectivity index (χ3v) is 7.40. The molecule has 0 radical (unpaired) electrons. The van der Waals surface area contributed by atoms with Crippen molar-refractivity contribution in [2.45, 2.75) is 25.8 Å². The second kappa shape index (κ2) is 12.2. The minimum atomic E-state index is -3.27. The van der Waals surface area contributed by atoms with Gasteiger partial charge in [-0.2, -0.15) is 0 Å². The zero-order valence-corrected chi connectivity index (χ0v) is 21.7. The predicted octanol–water partition coefficient (Wildman–Crippen LogP) is 2.62. The summed E-state index contributed by atoms with van der Waals surface area (Å²) in [5.74, 6) is -2.23. The van der Waals surface area contributed by atoms with Gasteiger partial charge in [0.05, 0.1) is 5.75 Å². The van der Waals surface area contributed by atoms with E-state index in [1.54, 1.807) is 12.1 Å². The topological polar surface area (TPSA) is 150 Å². The molecule has 0 aliphatic rings. The van der Waals surface area contributed by atoms with Crippen LogP contribution in [0.3, 0.4) is 0 Å².